The molecular formula is C18H18N2O7. The molecule has 2 amide bonds. The lowest BCUT2D eigenvalue weighted by atomic mass is 10.1. The van der Waals surface area contributed by atoms with Gasteiger partial charge in [-0.05, 0) is 36.4 Å². The van der Waals surface area contributed by atoms with Gasteiger partial charge in [-0.3, -0.25) is 25.2 Å². The Morgan fingerprint density at radius 2 is 1.74 bits per heavy atom. The minimum Gasteiger partial charge on any atom is -0.482 e. The summed E-state index contributed by atoms with van der Waals surface area (Å²) in [6.45, 7) is 0.763. The lowest BCUT2D eigenvalue weighted by molar-refractivity contribution is -0.150. The fraction of sp³-hybridized carbons (Fsp3) is 0.222. The van der Waals surface area contributed by atoms with Crippen LogP contribution in [-0.2, 0) is 14.3 Å². The van der Waals surface area contributed by atoms with Gasteiger partial charge < -0.3 is 13.9 Å². The first-order chi connectivity index (χ1) is 13.0. The number of carbonyl (C=O) groups is 4. The van der Waals surface area contributed by atoms with Crippen LogP contribution < -0.4 is 15.6 Å². The number of Topliss-reactive ketones (excluding diaryl/α,β-unsaturated/α-hetero) is 1. The number of ketones is 1. The number of carbonyl (C=O) groups excluding carboxylic acids is 4. The molecule has 0 bridgehead atoms. The third-order valence-electron chi connectivity index (χ3n) is 3.28. The molecule has 1 aromatic carbocycles. The van der Waals surface area contributed by atoms with Crippen molar-refractivity contribution in [2.24, 2.45) is 0 Å². The molecule has 0 fully saturated rings. The molecule has 1 heterocycles. The Kier molecular flexibility index (Phi) is 7.12. The van der Waals surface area contributed by atoms with E-state index in [0.717, 1.165) is 0 Å². The van der Waals surface area contributed by atoms with Crippen molar-refractivity contribution in [2.45, 2.75) is 13.3 Å². The summed E-state index contributed by atoms with van der Waals surface area (Å²) in [5.74, 6) is -1.73. The van der Waals surface area contributed by atoms with Gasteiger partial charge in [0.25, 0.3) is 5.91 Å². The highest BCUT2D eigenvalue weighted by atomic mass is 16.6. The molecule has 2 aromatic rings. The van der Waals surface area contributed by atoms with E-state index in [-0.39, 0.29) is 11.5 Å². The Labute approximate surface area is 154 Å². The Balaban J connectivity index is 1.66. The first kappa shape index (κ1) is 19.7. The number of rotatable bonds is 8. The molecule has 0 unspecified atom stereocenters. The highest BCUT2D eigenvalue weighted by Crippen LogP contribution is 2.13. The zero-order valence-electron chi connectivity index (χ0n) is 14.5. The fourth-order valence-corrected chi connectivity index (χ4v) is 1.90. The maximum Gasteiger partial charge on any atom is 0.344 e. The number of hydrazine groups is 1. The summed E-state index contributed by atoms with van der Waals surface area (Å²) in [6, 6.07) is 9.26. The van der Waals surface area contributed by atoms with Gasteiger partial charge in [0.15, 0.2) is 24.8 Å². The lowest BCUT2D eigenvalue weighted by Gasteiger charge is -2.08. The van der Waals surface area contributed by atoms with E-state index >= 15 is 0 Å². The van der Waals surface area contributed by atoms with Gasteiger partial charge in [-0.15, -0.1) is 0 Å². The summed E-state index contributed by atoms with van der Waals surface area (Å²) in [5, 5.41) is 0. The maximum atomic E-state index is 11.6. The molecule has 27 heavy (non-hydrogen) atoms. The van der Waals surface area contributed by atoms with Gasteiger partial charge in [-0.25, -0.2) is 4.79 Å². The van der Waals surface area contributed by atoms with E-state index in [1.165, 1.54) is 18.4 Å². The van der Waals surface area contributed by atoms with E-state index in [2.05, 4.69) is 10.9 Å². The number of benzene rings is 1. The third kappa shape index (κ3) is 6.31. The number of nitrogens with one attached hydrogen (secondary N) is 2. The second-order valence-corrected chi connectivity index (χ2v) is 5.23. The second kappa shape index (κ2) is 9.76. The Bertz CT molecular complexity index is 798. The van der Waals surface area contributed by atoms with Crippen molar-refractivity contribution in [1.29, 1.82) is 0 Å². The highest BCUT2D eigenvalue weighted by molar-refractivity contribution is 5.96. The van der Waals surface area contributed by atoms with Crippen molar-refractivity contribution in [3.05, 3.63) is 54.0 Å². The number of furan rings is 1. The Hall–Kier alpha value is -3.62. The molecule has 1 aromatic heterocycles. The van der Waals surface area contributed by atoms with Crippen LogP contribution in [0.4, 0.5) is 0 Å². The summed E-state index contributed by atoms with van der Waals surface area (Å²) in [5.41, 5.74) is 4.73. The first-order valence-electron chi connectivity index (χ1n) is 8.04. The SMILES string of the molecule is CCC(=O)c1ccc(OCC(=O)OCC(=O)NNC(=O)c2ccco2)cc1. The molecule has 2 N–H and O–H groups in total. The minimum atomic E-state index is -0.767. The summed E-state index contributed by atoms with van der Waals surface area (Å²) in [6.07, 6.45) is 1.71. The summed E-state index contributed by atoms with van der Waals surface area (Å²) >= 11 is 0. The fourth-order valence-electron chi connectivity index (χ4n) is 1.90. The van der Waals surface area contributed by atoms with Gasteiger partial charge in [0, 0.05) is 12.0 Å². The maximum absolute atomic E-state index is 11.6. The summed E-state index contributed by atoms with van der Waals surface area (Å²) < 4.78 is 14.8. The molecule has 0 aliphatic rings. The Morgan fingerprint density at radius 3 is 2.37 bits per heavy atom. The van der Waals surface area contributed by atoms with Gasteiger partial charge >= 0.3 is 11.9 Å². The highest BCUT2D eigenvalue weighted by Gasteiger charge is 2.12. The van der Waals surface area contributed by atoms with Crippen molar-refractivity contribution < 1.29 is 33.1 Å². The van der Waals surface area contributed by atoms with E-state index < -0.39 is 31.0 Å². The van der Waals surface area contributed by atoms with Gasteiger partial charge in [0.05, 0.1) is 6.26 Å². The lowest BCUT2D eigenvalue weighted by Crippen LogP contribution is -2.43. The van der Waals surface area contributed by atoms with Crippen molar-refractivity contribution in [1.82, 2.24) is 10.9 Å². The molecule has 142 valence electrons. The first-order valence-corrected chi connectivity index (χ1v) is 8.04. The normalized spacial score (nSPS) is 9.96. The molecule has 0 saturated carbocycles. The molecular weight excluding hydrogens is 356 g/mol. The van der Waals surface area contributed by atoms with Crippen LogP contribution in [0.25, 0.3) is 0 Å². The number of hydrogen-bond acceptors (Lipinski definition) is 7. The number of amides is 2. The number of esters is 1. The molecule has 0 saturated heterocycles. The van der Waals surface area contributed by atoms with Gasteiger partial charge in [-0.2, -0.15) is 0 Å². The third-order valence-corrected chi connectivity index (χ3v) is 3.28. The largest absolute Gasteiger partial charge is 0.482 e. The molecule has 0 spiro atoms. The number of ether oxygens (including phenoxy) is 2. The van der Waals surface area contributed by atoms with Crippen molar-refractivity contribution in [3.8, 4) is 5.75 Å². The van der Waals surface area contributed by atoms with E-state index in [1.54, 1.807) is 31.2 Å². The van der Waals surface area contributed by atoms with Gasteiger partial charge in [0.1, 0.15) is 5.75 Å². The summed E-state index contributed by atoms with van der Waals surface area (Å²) in [4.78, 5) is 46.1. The average Bonchev–Trinajstić information content (AvgIpc) is 3.23. The quantitative estimate of drug-likeness (QED) is 0.405. The Morgan fingerprint density at radius 1 is 1.00 bits per heavy atom. The van der Waals surface area contributed by atoms with Crippen molar-refractivity contribution in [3.63, 3.8) is 0 Å². The van der Waals surface area contributed by atoms with Gasteiger partial charge in [-0.1, -0.05) is 6.92 Å². The second-order valence-electron chi connectivity index (χ2n) is 5.23. The van der Waals surface area contributed by atoms with Crippen LogP contribution in [0.5, 0.6) is 5.75 Å². The van der Waals surface area contributed by atoms with E-state index in [9.17, 15) is 19.2 Å². The molecule has 9 heteroatoms. The van der Waals surface area contributed by atoms with Crippen LogP contribution in [-0.4, -0.2) is 36.8 Å². The van der Waals surface area contributed by atoms with Crippen LogP contribution >= 0.6 is 0 Å². The van der Waals surface area contributed by atoms with Crippen LogP contribution in [0.15, 0.2) is 47.1 Å². The van der Waals surface area contributed by atoms with E-state index in [1.807, 2.05) is 0 Å². The summed E-state index contributed by atoms with van der Waals surface area (Å²) in [7, 11) is 0. The van der Waals surface area contributed by atoms with Crippen LogP contribution in [0.3, 0.4) is 0 Å². The van der Waals surface area contributed by atoms with E-state index in [4.69, 9.17) is 13.9 Å². The van der Waals surface area contributed by atoms with E-state index in [0.29, 0.717) is 17.7 Å². The van der Waals surface area contributed by atoms with Gasteiger partial charge in [0.2, 0.25) is 0 Å². The topological polar surface area (TPSA) is 124 Å². The smallest absolute Gasteiger partial charge is 0.344 e. The zero-order valence-corrected chi connectivity index (χ0v) is 14.5. The molecule has 0 aliphatic heterocycles. The standard InChI is InChI=1S/C18H18N2O7/c1-2-14(21)12-5-7-13(8-6-12)26-11-17(23)27-10-16(22)19-20-18(24)15-4-3-9-25-15/h3-9H,2,10-11H2,1H3,(H,19,22)(H,20,24). The minimum absolute atomic E-state index is 0.00566. The number of hydrogen-bond donors (Lipinski definition) is 2. The van der Waals surface area contributed by atoms with Crippen LogP contribution in [0.1, 0.15) is 34.3 Å². The molecule has 0 radical (unpaired) electrons. The zero-order chi connectivity index (χ0) is 19.6. The molecule has 9 nitrogen and oxygen atoms in total. The van der Waals surface area contributed by atoms with Crippen molar-refractivity contribution in [2.75, 3.05) is 13.2 Å². The predicted molar refractivity (Wildman–Crippen MR) is 91.8 cm³/mol. The average molecular weight is 374 g/mol. The predicted octanol–water partition coefficient (Wildman–Crippen LogP) is 1.26. The molecule has 0 atom stereocenters. The van der Waals surface area contributed by atoms with Crippen LogP contribution in [0, 0.1) is 0 Å². The monoisotopic (exact) mass is 374 g/mol. The molecule has 2 rings (SSSR count). The van der Waals surface area contributed by atoms with Crippen molar-refractivity contribution >= 4 is 23.6 Å². The molecule has 0 aliphatic carbocycles. The van der Waals surface area contributed by atoms with Crippen LogP contribution in [0.2, 0.25) is 0 Å².